The number of allylic oxidation sites excluding steroid dienone is 1. The Morgan fingerprint density at radius 2 is 1.85 bits per heavy atom. The largest absolute Gasteiger partial charge is 0.481 e. The molecule has 0 unspecified atom stereocenters. The Morgan fingerprint density at radius 1 is 1.10 bits per heavy atom. The number of carbonyl (C=O) groups is 1. The van der Waals surface area contributed by atoms with E-state index in [1.54, 1.807) is 24.3 Å². The Balaban J connectivity index is 1.75. The summed E-state index contributed by atoms with van der Waals surface area (Å²) < 4.78 is 57.0. The van der Waals surface area contributed by atoms with E-state index in [9.17, 15) is 27.6 Å². The fraction of sp³-hybridized carbons (Fsp3) is 0.259. The summed E-state index contributed by atoms with van der Waals surface area (Å²) in [4.78, 5) is 37.5. The number of esters is 1. The highest BCUT2D eigenvalue weighted by Crippen LogP contribution is 2.37. The molecule has 2 aromatic heterocycles. The lowest BCUT2D eigenvalue weighted by molar-refractivity contribution is -0.145. The van der Waals surface area contributed by atoms with Crippen molar-refractivity contribution in [2.24, 2.45) is 7.05 Å². The molecule has 0 N–H and O–H groups in total. The second-order valence-electron chi connectivity index (χ2n) is 9.01. The summed E-state index contributed by atoms with van der Waals surface area (Å²) >= 11 is 1.16. The molecule has 12 heteroatoms. The van der Waals surface area contributed by atoms with Crippen LogP contribution in [-0.2, 0) is 22.8 Å². The van der Waals surface area contributed by atoms with Gasteiger partial charge < -0.3 is 9.47 Å². The molecule has 0 bridgehead atoms. The average molecular weight is 560 g/mol. The van der Waals surface area contributed by atoms with Crippen LogP contribution in [0.4, 0.5) is 13.2 Å². The van der Waals surface area contributed by atoms with E-state index in [1.165, 1.54) is 12.1 Å². The molecule has 39 heavy (non-hydrogen) atoms. The van der Waals surface area contributed by atoms with Crippen LogP contribution in [0.5, 0.6) is 5.75 Å². The molecule has 8 nitrogen and oxygen atoms in total. The fourth-order valence-electron chi connectivity index (χ4n) is 3.83. The predicted molar refractivity (Wildman–Crippen MR) is 142 cm³/mol. The quantitative estimate of drug-likeness (QED) is 0.233. The maximum Gasteiger partial charge on any atom is 0.431 e. The van der Waals surface area contributed by atoms with Crippen molar-refractivity contribution in [3.05, 3.63) is 86.2 Å². The number of carbonyl (C=O) groups excluding carboxylic acids is 1. The molecular formula is C27H24F3N3O5S. The first-order valence-corrected chi connectivity index (χ1v) is 12.5. The van der Waals surface area contributed by atoms with E-state index in [0.29, 0.717) is 42.3 Å². The number of alkyl halides is 3. The number of fused-ring (bicyclic) bond motifs is 1. The van der Waals surface area contributed by atoms with E-state index in [-0.39, 0.29) is 18.9 Å². The monoisotopic (exact) mass is 559 g/mol. The Hall–Kier alpha value is -4.19. The van der Waals surface area contributed by atoms with Crippen LogP contribution in [0.3, 0.4) is 0 Å². The van der Waals surface area contributed by atoms with Gasteiger partial charge in [-0.1, -0.05) is 17.2 Å². The molecule has 2 aromatic carbocycles. The Bertz CT molecular complexity index is 1710. The first kappa shape index (κ1) is 27.8. The van der Waals surface area contributed by atoms with Crippen molar-refractivity contribution in [1.29, 1.82) is 0 Å². The summed E-state index contributed by atoms with van der Waals surface area (Å²) in [6, 6.07) is 10.3. The Kier molecular flexibility index (Phi) is 7.77. The second kappa shape index (κ2) is 10.9. The van der Waals surface area contributed by atoms with E-state index in [0.717, 1.165) is 29.7 Å². The third-order valence-electron chi connectivity index (χ3n) is 5.79. The van der Waals surface area contributed by atoms with Gasteiger partial charge in [0.15, 0.2) is 6.61 Å². The summed E-state index contributed by atoms with van der Waals surface area (Å²) in [5.74, 6) is -0.193. The SMILES string of the molecule is CC(C)=CCOC(=O)COc1ccc(C)cc1-c1nsc2ccc(-n3c(=O)cc(C(F)(F)F)n(C)c3=O)cc12. The lowest BCUT2D eigenvalue weighted by Crippen LogP contribution is -2.40. The maximum absolute atomic E-state index is 13.3. The van der Waals surface area contributed by atoms with E-state index in [4.69, 9.17) is 9.47 Å². The zero-order valence-electron chi connectivity index (χ0n) is 21.5. The van der Waals surface area contributed by atoms with Crippen molar-refractivity contribution in [1.82, 2.24) is 13.5 Å². The van der Waals surface area contributed by atoms with Gasteiger partial charge in [0, 0.05) is 24.1 Å². The van der Waals surface area contributed by atoms with Gasteiger partial charge in [-0.15, -0.1) is 0 Å². The summed E-state index contributed by atoms with van der Waals surface area (Å²) in [6.45, 7) is 5.44. The molecule has 0 aliphatic rings. The van der Waals surface area contributed by atoms with Crippen molar-refractivity contribution in [2.75, 3.05) is 13.2 Å². The smallest absolute Gasteiger partial charge is 0.431 e. The fourth-order valence-corrected chi connectivity index (χ4v) is 4.60. The molecular weight excluding hydrogens is 535 g/mol. The van der Waals surface area contributed by atoms with Gasteiger partial charge in [0.05, 0.1) is 16.1 Å². The van der Waals surface area contributed by atoms with Crippen molar-refractivity contribution >= 4 is 27.6 Å². The number of aromatic nitrogens is 3. The number of ether oxygens (including phenoxy) is 2. The number of nitrogens with zero attached hydrogens (tertiary/aromatic N) is 3. The number of halogens is 3. The zero-order valence-corrected chi connectivity index (χ0v) is 22.3. The molecule has 0 aliphatic heterocycles. The van der Waals surface area contributed by atoms with Gasteiger partial charge in [0.25, 0.3) is 5.56 Å². The van der Waals surface area contributed by atoms with E-state index >= 15 is 0 Å². The third-order valence-corrected chi connectivity index (χ3v) is 6.62. The molecule has 4 rings (SSSR count). The minimum atomic E-state index is -4.86. The van der Waals surface area contributed by atoms with Crippen molar-refractivity contribution in [3.8, 4) is 22.7 Å². The topological polar surface area (TPSA) is 92.4 Å². The van der Waals surface area contributed by atoms with E-state index in [1.807, 2.05) is 26.8 Å². The lowest BCUT2D eigenvalue weighted by atomic mass is 10.0. The second-order valence-corrected chi connectivity index (χ2v) is 9.81. The van der Waals surface area contributed by atoms with Gasteiger partial charge in [0.2, 0.25) is 0 Å². The molecule has 2 heterocycles. The highest BCUT2D eigenvalue weighted by molar-refractivity contribution is 7.13. The van der Waals surface area contributed by atoms with Crippen LogP contribution in [0.15, 0.2) is 63.7 Å². The van der Waals surface area contributed by atoms with Gasteiger partial charge in [-0.2, -0.15) is 17.5 Å². The number of hydrogen-bond acceptors (Lipinski definition) is 7. The molecule has 0 saturated carbocycles. The van der Waals surface area contributed by atoms with Gasteiger partial charge in [0.1, 0.15) is 18.1 Å². The minimum absolute atomic E-state index is 0.0845. The molecule has 0 radical (unpaired) electrons. The molecule has 0 fully saturated rings. The van der Waals surface area contributed by atoms with E-state index < -0.39 is 29.1 Å². The number of hydrogen-bond donors (Lipinski definition) is 0. The summed E-state index contributed by atoms with van der Waals surface area (Å²) in [5.41, 5.74) is -0.585. The maximum atomic E-state index is 13.3. The standard InChI is InChI=1S/C27H24F3N3O5S/c1-15(2)9-10-37-24(35)14-38-20-7-5-16(3)11-18(20)25-19-12-17(6-8-21(19)39-31-25)33-23(34)13-22(27(28,29)30)32(4)26(33)36/h5-9,11-13H,10,14H2,1-4H3. The first-order valence-electron chi connectivity index (χ1n) is 11.7. The highest BCUT2D eigenvalue weighted by atomic mass is 32.1. The molecule has 4 aromatic rings. The van der Waals surface area contributed by atoms with Gasteiger partial charge in [-0.25, -0.2) is 14.2 Å². The van der Waals surface area contributed by atoms with E-state index in [2.05, 4.69) is 4.37 Å². The molecule has 204 valence electrons. The number of aryl methyl sites for hydroxylation is 1. The first-order chi connectivity index (χ1) is 18.4. The normalized spacial score (nSPS) is 11.5. The molecule has 0 atom stereocenters. The molecule has 0 aliphatic carbocycles. The van der Waals surface area contributed by atoms with Crippen LogP contribution < -0.4 is 16.0 Å². The van der Waals surface area contributed by atoms with Gasteiger partial charge >= 0.3 is 17.8 Å². The average Bonchev–Trinajstić information content (AvgIpc) is 3.28. The summed E-state index contributed by atoms with van der Waals surface area (Å²) in [7, 11) is 0.957. The predicted octanol–water partition coefficient (Wildman–Crippen LogP) is 5.03. The van der Waals surface area contributed by atoms with Crippen LogP contribution in [0.1, 0.15) is 25.1 Å². The lowest BCUT2D eigenvalue weighted by Gasteiger charge is -2.14. The van der Waals surface area contributed by atoms with Crippen molar-refractivity contribution < 1.29 is 27.4 Å². The molecule has 0 amide bonds. The van der Waals surface area contributed by atoms with Crippen molar-refractivity contribution in [2.45, 2.75) is 26.9 Å². The van der Waals surface area contributed by atoms with Crippen LogP contribution in [0.2, 0.25) is 0 Å². The number of benzene rings is 2. The summed E-state index contributed by atoms with van der Waals surface area (Å²) in [6.07, 6.45) is -3.09. The third kappa shape index (κ3) is 5.95. The number of rotatable bonds is 7. The van der Waals surface area contributed by atoms with Gasteiger partial charge in [-0.3, -0.25) is 9.36 Å². The van der Waals surface area contributed by atoms with Crippen LogP contribution >= 0.6 is 11.5 Å². The van der Waals surface area contributed by atoms with Crippen LogP contribution in [0, 0.1) is 6.92 Å². The van der Waals surface area contributed by atoms with Crippen molar-refractivity contribution in [3.63, 3.8) is 0 Å². The molecule has 0 spiro atoms. The highest BCUT2D eigenvalue weighted by Gasteiger charge is 2.35. The molecule has 0 saturated heterocycles. The van der Waals surface area contributed by atoms with Crippen LogP contribution in [0.25, 0.3) is 27.0 Å². The Morgan fingerprint density at radius 3 is 2.54 bits per heavy atom. The zero-order chi connectivity index (χ0) is 28.5. The van der Waals surface area contributed by atoms with Gasteiger partial charge in [-0.05, 0) is 68.7 Å². The minimum Gasteiger partial charge on any atom is -0.481 e. The Labute approximate surface area is 224 Å². The summed E-state index contributed by atoms with van der Waals surface area (Å²) in [5, 5.41) is 0.549. The van der Waals surface area contributed by atoms with Crippen LogP contribution in [-0.4, -0.2) is 32.7 Å².